The maximum Gasteiger partial charge on any atom is 0.181 e. The summed E-state index contributed by atoms with van der Waals surface area (Å²) in [6.45, 7) is 6.35. The minimum atomic E-state index is -0.541. The van der Waals surface area contributed by atoms with Gasteiger partial charge in [-0.15, -0.1) is 0 Å². The minimum Gasteiger partial charge on any atom is -0.367 e. The lowest BCUT2D eigenvalue weighted by molar-refractivity contribution is -0.0882. The number of hydrogen-bond donors (Lipinski definition) is 0. The van der Waals surface area contributed by atoms with E-state index in [4.69, 9.17) is 16.3 Å². The van der Waals surface area contributed by atoms with Gasteiger partial charge in [-0.25, -0.2) is 14.4 Å². The Kier molecular flexibility index (Phi) is 4.41. The van der Waals surface area contributed by atoms with Crippen molar-refractivity contribution in [3.8, 4) is 0 Å². The van der Waals surface area contributed by atoms with Crippen molar-refractivity contribution >= 4 is 11.6 Å². The molecule has 106 valence electrons. The number of rotatable bonds is 3. The predicted molar refractivity (Wildman–Crippen MR) is 72.7 cm³/mol. The largest absolute Gasteiger partial charge is 0.367 e. The highest BCUT2D eigenvalue weighted by atomic mass is 35.5. The van der Waals surface area contributed by atoms with Crippen LogP contribution in [0.15, 0.2) is 0 Å². The van der Waals surface area contributed by atoms with E-state index >= 15 is 0 Å². The first-order chi connectivity index (χ1) is 8.98. The third-order valence-corrected chi connectivity index (χ3v) is 4.01. The van der Waals surface area contributed by atoms with Gasteiger partial charge >= 0.3 is 0 Å². The molecule has 0 N–H and O–H groups in total. The molecular formula is C14H20ClFN2O. The second kappa shape index (κ2) is 5.71. The summed E-state index contributed by atoms with van der Waals surface area (Å²) in [6.07, 6.45) is 3.98. The van der Waals surface area contributed by atoms with Crippen molar-refractivity contribution in [2.75, 3.05) is 6.61 Å². The Morgan fingerprint density at radius 3 is 2.79 bits per heavy atom. The van der Waals surface area contributed by atoms with Gasteiger partial charge in [0.2, 0.25) is 0 Å². The topological polar surface area (TPSA) is 35.0 Å². The van der Waals surface area contributed by atoms with Crippen LogP contribution in [0.1, 0.15) is 51.0 Å². The molecule has 0 spiro atoms. The maximum absolute atomic E-state index is 13.6. The van der Waals surface area contributed by atoms with E-state index in [9.17, 15) is 4.39 Å². The monoisotopic (exact) mass is 286 g/mol. The van der Waals surface area contributed by atoms with Crippen LogP contribution in [0.2, 0.25) is 5.15 Å². The smallest absolute Gasteiger partial charge is 0.181 e. The van der Waals surface area contributed by atoms with Gasteiger partial charge in [0, 0.05) is 6.61 Å². The van der Waals surface area contributed by atoms with Gasteiger partial charge in [-0.2, -0.15) is 0 Å². The summed E-state index contributed by atoms with van der Waals surface area (Å²) in [7, 11) is 0. The second-order valence-electron chi connectivity index (χ2n) is 5.37. The molecule has 0 amide bonds. The average molecular weight is 287 g/mol. The van der Waals surface area contributed by atoms with Crippen molar-refractivity contribution in [1.29, 1.82) is 0 Å². The molecule has 19 heavy (non-hydrogen) atoms. The third-order valence-electron chi connectivity index (χ3n) is 3.76. The molecule has 0 aromatic carbocycles. The average Bonchev–Trinajstić information content (AvgIpc) is 2.35. The number of ether oxygens (including phenoxy) is 1. The molecule has 1 fully saturated rings. The first kappa shape index (κ1) is 14.7. The van der Waals surface area contributed by atoms with E-state index in [2.05, 4.69) is 16.9 Å². The van der Waals surface area contributed by atoms with Crippen molar-refractivity contribution in [2.45, 2.75) is 52.1 Å². The number of halogens is 2. The van der Waals surface area contributed by atoms with Crippen LogP contribution in [0.5, 0.6) is 0 Å². The summed E-state index contributed by atoms with van der Waals surface area (Å²) < 4.78 is 19.5. The van der Waals surface area contributed by atoms with Crippen LogP contribution in [0.25, 0.3) is 0 Å². The zero-order valence-corrected chi connectivity index (χ0v) is 12.4. The van der Waals surface area contributed by atoms with Gasteiger partial charge in [-0.1, -0.05) is 24.9 Å². The first-order valence-corrected chi connectivity index (χ1v) is 7.20. The Morgan fingerprint density at radius 2 is 2.21 bits per heavy atom. The number of aromatic nitrogens is 2. The van der Waals surface area contributed by atoms with E-state index in [1.165, 1.54) is 6.42 Å². The van der Waals surface area contributed by atoms with Crippen LogP contribution >= 0.6 is 11.6 Å². The van der Waals surface area contributed by atoms with Gasteiger partial charge in [0.25, 0.3) is 0 Å². The van der Waals surface area contributed by atoms with Crippen molar-refractivity contribution in [1.82, 2.24) is 9.97 Å². The normalized spacial score (nSPS) is 27.5. The first-order valence-electron chi connectivity index (χ1n) is 6.82. The van der Waals surface area contributed by atoms with Gasteiger partial charge in [0.1, 0.15) is 5.60 Å². The van der Waals surface area contributed by atoms with Gasteiger partial charge in [-0.05, 0) is 39.0 Å². The molecule has 0 aliphatic heterocycles. The Hall–Kier alpha value is -0.740. The Labute approximate surface area is 118 Å². The van der Waals surface area contributed by atoms with Crippen LogP contribution in [-0.2, 0) is 10.3 Å². The number of aryl methyl sites for hydroxylation is 1. The molecule has 5 heteroatoms. The van der Waals surface area contributed by atoms with Crippen molar-refractivity contribution in [3.05, 3.63) is 22.5 Å². The molecule has 1 saturated carbocycles. The predicted octanol–water partition coefficient (Wildman–Crippen LogP) is 4.02. The molecule has 0 bridgehead atoms. The van der Waals surface area contributed by atoms with E-state index in [0.717, 1.165) is 19.3 Å². The van der Waals surface area contributed by atoms with E-state index in [-0.39, 0.29) is 10.8 Å². The van der Waals surface area contributed by atoms with Gasteiger partial charge in [0.15, 0.2) is 16.8 Å². The summed E-state index contributed by atoms with van der Waals surface area (Å²) in [5.41, 5.74) is -0.221. The molecule has 2 unspecified atom stereocenters. The summed E-state index contributed by atoms with van der Waals surface area (Å²) in [4.78, 5) is 8.42. The van der Waals surface area contributed by atoms with Crippen molar-refractivity contribution < 1.29 is 9.13 Å². The molecule has 2 atom stereocenters. The highest BCUT2D eigenvalue weighted by Gasteiger charge is 2.40. The fraction of sp³-hybridized carbons (Fsp3) is 0.714. The molecule has 1 aliphatic carbocycles. The quantitative estimate of drug-likeness (QED) is 0.787. The molecule has 0 saturated heterocycles. The van der Waals surface area contributed by atoms with Gasteiger partial charge < -0.3 is 4.74 Å². The zero-order valence-electron chi connectivity index (χ0n) is 11.7. The molecule has 1 aliphatic rings. The fourth-order valence-corrected chi connectivity index (χ4v) is 3.12. The SMILES string of the molecule is CCOC1(c2nc(C)c(F)c(Cl)n2)CCCC(C)C1. The Bertz CT molecular complexity index is 442. The zero-order chi connectivity index (χ0) is 14.0. The highest BCUT2D eigenvalue weighted by Crippen LogP contribution is 2.42. The molecule has 1 heterocycles. The molecular weight excluding hydrogens is 267 g/mol. The van der Waals surface area contributed by atoms with E-state index < -0.39 is 11.4 Å². The summed E-state index contributed by atoms with van der Waals surface area (Å²) in [5, 5.41) is -0.111. The lowest BCUT2D eigenvalue weighted by atomic mass is 9.78. The minimum absolute atomic E-state index is 0.111. The molecule has 0 radical (unpaired) electrons. The maximum atomic E-state index is 13.6. The molecule has 3 nitrogen and oxygen atoms in total. The third kappa shape index (κ3) is 2.90. The highest BCUT2D eigenvalue weighted by molar-refractivity contribution is 6.29. The van der Waals surface area contributed by atoms with Crippen LogP contribution in [0.3, 0.4) is 0 Å². The summed E-state index contributed by atoms with van der Waals surface area (Å²) in [6, 6.07) is 0. The van der Waals surface area contributed by atoms with Crippen LogP contribution in [0.4, 0.5) is 4.39 Å². The Balaban J connectivity index is 2.44. The number of nitrogens with zero attached hydrogens (tertiary/aromatic N) is 2. The van der Waals surface area contributed by atoms with Crippen LogP contribution in [0, 0.1) is 18.7 Å². The second-order valence-corrected chi connectivity index (χ2v) is 5.72. The molecule has 1 aromatic heterocycles. The van der Waals surface area contributed by atoms with Gasteiger partial charge in [0.05, 0.1) is 5.69 Å². The molecule has 1 aromatic rings. The van der Waals surface area contributed by atoms with Crippen molar-refractivity contribution in [3.63, 3.8) is 0 Å². The lowest BCUT2D eigenvalue weighted by Gasteiger charge is -2.38. The van der Waals surface area contributed by atoms with E-state index in [1.807, 2.05) is 6.92 Å². The van der Waals surface area contributed by atoms with Crippen LogP contribution < -0.4 is 0 Å². The number of hydrogen-bond acceptors (Lipinski definition) is 3. The van der Waals surface area contributed by atoms with Crippen LogP contribution in [-0.4, -0.2) is 16.6 Å². The van der Waals surface area contributed by atoms with Gasteiger partial charge in [-0.3, -0.25) is 0 Å². The van der Waals surface area contributed by atoms with Crippen molar-refractivity contribution in [2.24, 2.45) is 5.92 Å². The lowest BCUT2D eigenvalue weighted by Crippen LogP contribution is -2.37. The van der Waals surface area contributed by atoms with E-state index in [1.54, 1.807) is 6.92 Å². The standard InChI is InChI=1S/C14H20ClFN2O/c1-4-19-14(7-5-6-9(2)8-14)13-17-10(3)11(16)12(15)18-13/h9H,4-8H2,1-3H3. The summed E-state index contributed by atoms with van der Waals surface area (Å²) >= 11 is 5.86. The molecule has 2 rings (SSSR count). The Morgan fingerprint density at radius 1 is 1.47 bits per heavy atom. The summed E-state index contributed by atoms with van der Waals surface area (Å²) in [5.74, 6) is 0.541. The van der Waals surface area contributed by atoms with E-state index in [0.29, 0.717) is 18.3 Å². The fourth-order valence-electron chi connectivity index (χ4n) is 2.91.